The van der Waals surface area contributed by atoms with Gasteiger partial charge in [0.2, 0.25) is 0 Å². The van der Waals surface area contributed by atoms with Crippen molar-refractivity contribution in [2.75, 3.05) is 20.8 Å². The smallest absolute Gasteiger partial charge is 0.118 e. The summed E-state index contributed by atoms with van der Waals surface area (Å²) in [5.74, 6) is 0.887. The quantitative estimate of drug-likeness (QED) is 0.872. The van der Waals surface area contributed by atoms with Crippen LogP contribution in [0.5, 0.6) is 5.75 Å². The first kappa shape index (κ1) is 12.4. The van der Waals surface area contributed by atoms with Gasteiger partial charge in [-0.15, -0.1) is 0 Å². The Bertz CT molecular complexity index is 363. The minimum Gasteiger partial charge on any atom is -0.497 e. The predicted octanol–water partition coefficient (Wildman–Crippen LogP) is 2.31. The lowest BCUT2D eigenvalue weighted by molar-refractivity contribution is -0.0804. The number of hydrogen-bond acceptors (Lipinski definition) is 3. The molecule has 2 rings (SSSR count). The van der Waals surface area contributed by atoms with Crippen LogP contribution in [0.3, 0.4) is 0 Å². The highest BCUT2D eigenvalue weighted by Crippen LogP contribution is 2.35. The van der Waals surface area contributed by atoms with E-state index in [0.717, 1.165) is 25.2 Å². The molecule has 2 atom stereocenters. The first-order valence-corrected chi connectivity index (χ1v) is 6.14. The Hall–Kier alpha value is -1.06. The van der Waals surface area contributed by atoms with E-state index in [-0.39, 0.29) is 5.60 Å². The zero-order chi connectivity index (χ0) is 12.3. The Labute approximate surface area is 103 Å². The summed E-state index contributed by atoms with van der Waals surface area (Å²) in [6, 6.07) is 8.71. The lowest BCUT2D eigenvalue weighted by Gasteiger charge is -2.38. The topological polar surface area (TPSA) is 30.5 Å². The largest absolute Gasteiger partial charge is 0.497 e. The van der Waals surface area contributed by atoms with Gasteiger partial charge in [0.25, 0.3) is 0 Å². The van der Waals surface area contributed by atoms with Crippen molar-refractivity contribution in [1.29, 1.82) is 0 Å². The third kappa shape index (κ3) is 2.61. The van der Waals surface area contributed by atoms with Crippen molar-refractivity contribution in [1.82, 2.24) is 5.32 Å². The van der Waals surface area contributed by atoms with Crippen LogP contribution in [0, 0.1) is 0 Å². The van der Waals surface area contributed by atoms with Crippen molar-refractivity contribution in [2.24, 2.45) is 0 Å². The average Bonchev–Trinajstić information content (AvgIpc) is 2.39. The molecule has 17 heavy (non-hydrogen) atoms. The molecule has 0 bridgehead atoms. The number of methoxy groups -OCH3 is 1. The fourth-order valence-corrected chi connectivity index (χ4v) is 2.45. The van der Waals surface area contributed by atoms with Crippen LogP contribution in [0.4, 0.5) is 0 Å². The molecule has 0 aromatic heterocycles. The SMILES string of the molecule is CNC1CCOC(C)(c2ccc(OC)cc2)C1. The van der Waals surface area contributed by atoms with Crippen LogP contribution in [0.1, 0.15) is 25.3 Å². The molecule has 0 saturated carbocycles. The van der Waals surface area contributed by atoms with Crippen LogP contribution in [-0.2, 0) is 10.3 Å². The van der Waals surface area contributed by atoms with Crippen LogP contribution in [0.25, 0.3) is 0 Å². The van der Waals surface area contributed by atoms with Gasteiger partial charge in [-0.1, -0.05) is 12.1 Å². The maximum absolute atomic E-state index is 5.98. The number of rotatable bonds is 3. The summed E-state index contributed by atoms with van der Waals surface area (Å²) >= 11 is 0. The maximum atomic E-state index is 5.98. The Kier molecular flexibility index (Phi) is 3.69. The summed E-state index contributed by atoms with van der Waals surface area (Å²) in [5.41, 5.74) is 1.04. The summed E-state index contributed by atoms with van der Waals surface area (Å²) in [5, 5.41) is 3.35. The van der Waals surface area contributed by atoms with Crippen molar-refractivity contribution in [3.63, 3.8) is 0 Å². The maximum Gasteiger partial charge on any atom is 0.118 e. The third-order valence-corrected chi connectivity index (χ3v) is 3.63. The van der Waals surface area contributed by atoms with Gasteiger partial charge >= 0.3 is 0 Å². The molecule has 1 aromatic rings. The molecule has 1 aliphatic heterocycles. The molecule has 0 aliphatic carbocycles. The molecule has 0 amide bonds. The van der Waals surface area contributed by atoms with Gasteiger partial charge in [-0.2, -0.15) is 0 Å². The van der Waals surface area contributed by atoms with Gasteiger partial charge in [-0.3, -0.25) is 0 Å². The predicted molar refractivity (Wildman–Crippen MR) is 68.4 cm³/mol. The molecule has 0 spiro atoms. The second kappa shape index (κ2) is 5.07. The molecule has 1 N–H and O–H groups in total. The zero-order valence-corrected chi connectivity index (χ0v) is 10.8. The number of benzene rings is 1. The van der Waals surface area contributed by atoms with Crippen molar-refractivity contribution in [3.05, 3.63) is 29.8 Å². The van der Waals surface area contributed by atoms with Gasteiger partial charge in [0.05, 0.1) is 12.7 Å². The second-order valence-corrected chi connectivity index (χ2v) is 4.79. The van der Waals surface area contributed by atoms with Crippen molar-refractivity contribution in [3.8, 4) is 5.75 Å². The van der Waals surface area contributed by atoms with Crippen LogP contribution in [0.15, 0.2) is 24.3 Å². The lowest BCUT2D eigenvalue weighted by atomic mass is 9.86. The highest BCUT2D eigenvalue weighted by Gasteiger charge is 2.34. The molecule has 0 radical (unpaired) electrons. The van der Waals surface area contributed by atoms with E-state index in [2.05, 4.69) is 24.4 Å². The number of hydrogen-bond donors (Lipinski definition) is 1. The van der Waals surface area contributed by atoms with E-state index in [4.69, 9.17) is 9.47 Å². The zero-order valence-electron chi connectivity index (χ0n) is 10.8. The van der Waals surface area contributed by atoms with Crippen LogP contribution in [-0.4, -0.2) is 26.8 Å². The average molecular weight is 235 g/mol. The first-order valence-electron chi connectivity index (χ1n) is 6.14. The van der Waals surface area contributed by atoms with Crippen LogP contribution >= 0.6 is 0 Å². The molecule has 3 nitrogen and oxygen atoms in total. The van der Waals surface area contributed by atoms with Gasteiger partial charge < -0.3 is 14.8 Å². The fraction of sp³-hybridized carbons (Fsp3) is 0.571. The van der Waals surface area contributed by atoms with E-state index in [1.807, 2.05) is 19.2 Å². The normalized spacial score (nSPS) is 29.0. The molecule has 1 aliphatic rings. The van der Waals surface area contributed by atoms with E-state index in [0.29, 0.717) is 6.04 Å². The molecule has 2 unspecified atom stereocenters. The Morgan fingerprint density at radius 2 is 2.06 bits per heavy atom. The Balaban J connectivity index is 2.18. The number of nitrogens with one attached hydrogen (secondary N) is 1. The highest BCUT2D eigenvalue weighted by molar-refractivity contribution is 5.31. The molecule has 3 heteroatoms. The van der Waals surface area contributed by atoms with Gasteiger partial charge in [-0.25, -0.2) is 0 Å². The second-order valence-electron chi connectivity index (χ2n) is 4.79. The summed E-state index contributed by atoms with van der Waals surface area (Å²) < 4.78 is 11.2. The molecular weight excluding hydrogens is 214 g/mol. The summed E-state index contributed by atoms with van der Waals surface area (Å²) in [6.45, 7) is 2.98. The van der Waals surface area contributed by atoms with E-state index in [9.17, 15) is 0 Å². The van der Waals surface area contributed by atoms with Gasteiger partial charge in [0.15, 0.2) is 0 Å². The Morgan fingerprint density at radius 3 is 2.65 bits per heavy atom. The van der Waals surface area contributed by atoms with Crippen LogP contribution in [0.2, 0.25) is 0 Å². The standard InChI is InChI=1S/C14H21NO2/c1-14(10-12(15-2)8-9-17-14)11-4-6-13(16-3)7-5-11/h4-7,12,15H,8-10H2,1-3H3. The molecular formula is C14H21NO2. The summed E-state index contributed by atoms with van der Waals surface area (Å²) in [4.78, 5) is 0. The molecule has 1 fully saturated rings. The summed E-state index contributed by atoms with van der Waals surface area (Å²) in [6.07, 6.45) is 2.10. The minimum absolute atomic E-state index is 0.182. The summed E-state index contributed by atoms with van der Waals surface area (Å²) in [7, 11) is 3.70. The Morgan fingerprint density at radius 1 is 1.35 bits per heavy atom. The van der Waals surface area contributed by atoms with Gasteiger partial charge in [0, 0.05) is 12.6 Å². The van der Waals surface area contributed by atoms with E-state index < -0.39 is 0 Å². The van der Waals surface area contributed by atoms with E-state index in [1.165, 1.54) is 5.56 Å². The number of ether oxygens (including phenoxy) is 2. The highest BCUT2D eigenvalue weighted by atomic mass is 16.5. The van der Waals surface area contributed by atoms with Gasteiger partial charge in [-0.05, 0) is 44.5 Å². The van der Waals surface area contributed by atoms with Crippen LogP contribution < -0.4 is 10.1 Å². The van der Waals surface area contributed by atoms with E-state index >= 15 is 0 Å². The van der Waals surface area contributed by atoms with Crippen molar-refractivity contribution < 1.29 is 9.47 Å². The molecule has 1 saturated heterocycles. The first-order chi connectivity index (χ1) is 8.18. The third-order valence-electron chi connectivity index (χ3n) is 3.63. The molecule has 1 heterocycles. The minimum atomic E-state index is -0.182. The lowest BCUT2D eigenvalue weighted by Crippen LogP contribution is -2.42. The monoisotopic (exact) mass is 235 g/mol. The van der Waals surface area contributed by atoms with Crippen molar-refractivity contribution in [2.45, 2.75) is 31.4 Å². The molecule has 94 valence electrons. The molecule has 1 aromatic carbocycles. The van der Waals surface area contributed by atoms with Gasteiger partial charge in [0.1, 0.15) is 5.75 Å². The van der Waals surface area contributed by atoms with Crippen molar-refractivity contribution >= 4 is 0 Å². The fourth-order valence-electron chi connectivity index (χ4n) is 2.45. The van der Waals surface area contributed by atoms with E-state index in [1.54, 1.807) is 7.11 Å².